The van der Waals surface area contributed by atoms with Gasteiger partial charge in [-0.3, -0.25) is 9.59 Å². The number of furan rings is 1. The molecule has 0 bridgehead atoms. The standard InChI is InChI=1S/C22H16F3NO3/c1-14(27)26-18-7-3-4-15(13-18)20(28)10-8-19-9-11-21(29-19)16-5-2-6-17(12-16)22(23,24)25/h2-13H,1H3,(H,26,27). The predicted molar refractivity (Wildman–Crippen MR) is 103 cm³/mol. The fourth-order valence-corrected chi connectivity index (χ4v) is 2.65. The van der Waals surface area contributed by atoms with Crippen LogP contribution < -0.4 is 5.32 Å². The number of carbonyl (C=O) groups is 2. The van der Waals surface area contributed by atoms with E-state index >= 15 is 0 Å². The largest absolute Gasteiger partial charge is 0.457 e. The van der Waals surface area contributed by atoms with Crippen molar-refractivity contribution < 1.29 is 27.2 Å². The molecule has 148 valence electrons. The lowest BCUT2D eigenvalue weighted by Crippen LogP contribution is -2.06. The van der Waals surface area contributed by atoms with Gasteiger partial charge in [0, 0.05) is 23.7 Å². The lowest BCUT2D eigenvalue weighted by molar-refractivity contribution is -0.137. The van der Waals surface area contributed by atoms with Gasteiger partial charge in [0.05, 0.1) is 5.56 Å². The Morgan fingerprint density at radius 2 is 1.76 bits per heavy atom. The highest BCUT2D eigenvalue weighted by Gasteiger charge is 2.30. The number of benzene rings is 2. The number of halogens is 3. The van der Waals surface area contributed by atoms with Gasteiger partial charge in [0.1, 0.15) is 11.5 Å². The van der Waals surface area contributed by atoms with Crippen LogP contribution in [0.15, 0.2) is 71.2 Å². The molecule has 4 nitrogen and oxygen atoms in total. The minimum Gasteiger partial charge on any atom is -0.457 e. The molecule has 1 N–H and O–H groups in total. The molecule has 2 aromatic carbocycles. The van der Waals surface area contributed by atoms with Crippen molar-refractivity contribution in [3.8, 4) is 11.3 Å². The Balaban J connectivity index is 1.76. The van der Waals surface area contributed by atoms with E-state index in [0.29, 0.717) is 17.0 Å². The Morgan fingerprint density at radius 1 is 1.00 bits per heavy atom. The van der Waals surface area contributed by atoms with E-state index in [4.69, 9.17) is 4.42 Å². The van der Waals surface area contributed by atoms with E-state index in [9.17, 15) is 22.8 Å². The Bertz CT molecular complexity index is 1080. The number of allylic oxidation sites excluding steroid dienone is 1. The zero-order chi connectivity index (χ0) is 21.0. The van der Waals surface area contributed by atoms with Crippen LogP contribution in [0.25, 0.3) is 17.4 Å². The number of ketones is 1. The first kappa shape index (κ1) is 20.1. The van der Waals surface area contributed by atoms with Crippen molar-refractivity contribution in [3.05, 3.63) is 83.6 Å². The number of nitrogens with one attached hydrogen (secondary N) is 1. The van der Waals surface area contributed by atoms with Gasteiger partial charge in [0.25, 0.3) is 0 Å². The third-order valence-electron chi connectivity index (χ3n) is 3.97. The molecule has 3 rings (SSSR count). The van der Waals surface area contributed by atoms with Crippen LogP contribution in [-0.2, 0) is 11.0 Å². The SMILES string of the molecule is CC(=O)Nc1cccc(C(=O)C=Cc2ccc(-c3cccc(C(F)(F)F)c3)o2)c1. The van der Waals surface area contributed by atoms with Gasteiger partial charge in [-0.05, 0) is 48.6 Å². The summed E-state index contributed by atoms with van der Waals surface area (Å²) < 4.78 is 44.1. The number of alkyl halides is 3. The van der Waals surface area contributed by atoms with Gasteiger partial charge in [0.15, 0.2) is 5.78 Å². The topological polar surface area (TPSA) is 59.3 Å². The molecule has 0 aliphatic carbocycles. The molecule has 29 heavy (non-hydrogen) atoms. The van der Waals surface area contributed by atoms with E-state index in [2.05, 4.69) is 5.32 Å². The van der Waals surface area contributed by atoms with Crippen LogP contribution in [-0.4, -0.2) is 11.7 Å². The molecule has 0 atom stereocenters. The number of amides is 1. The van der Waals surface area contributed by atoms with Crippen LogP contribution in [0.1, 0.15) is 28.6 Å². The van der Waals surface area contributed by atoms with Crippen molar-refractivity contribution in [2.75, 3.05) is 5.32 Å². The normalized spacial score (nSPS) is 11.6. The van der Waals surface area contributed by atoms with Gasteiger partial charge < -0.3 is 9.73 Å². The maximum Gasteiger partial charge on any atom is 0.416 e. The Hall–Kier alpha value is -3.61. The van der Waals surface area contributed by atoms with Crippen molar-refractivity contribution in [1.82, 2.24) is 0 Å². The second kappa shape index (κ2) is 8.18. The van der Waals surface area contributed by atoms with Crippen molar-refractivity contribution in [3.63, 3.8) is 0 Å². The summed E-state index contributed by atoms with van der Waals surface area (Å²) in [7, 11) is 0. The molecule has 1 amide bonds. The summed E-state index contributed by atoms with van der Waals surface area (Å²) in [5, 5.41) is 2.60. The van der Waals surface area contributed by atoms with Crippen LogP contribution in [0.5, 0.6) is 0 Å². The lowest BCUT2D eigenvalue weighted by atomic mass is 10.1. The molecule has 0 unspecified atom stereocenters. The summed E-state index contributed by atoms with van der Waals surface area (Å²) in [5.41, 5.74) is 0.394. The summed E-state index contributed by atoms with van der Waals surface area (Å²) in [6.07, 6.45) is -1.71. The third kappa shape index (κ3) is 5.22. The summed E-state index contributed by atoms with van der Waals surface area (Å²) >= 11 is 0. The molecule has 0 radical (unpaired) electrons. The average Bonchev–Trinajstić information content (AvgIpc) is 3.14. The molecule has 0 aliphatic heterocycles. The van der Waals surface area contributed by atoms with E-state index < -0.39 is 11.7 Å². The molecule has 7 heteroatoms. The first-order chi connectivity index (χ1) is 13.7. The van der Waals surface area contributed by atoms with Crippen LogP contribution in [0, 0.1) is 0 Å². The predicted octanol–water partition coefficient (Wildman–Crippen LogP) is 5.82. The van der Waals surface area contributed by atoms with Gasteiger partial charge in [-0.1, -0.05) is 24.3 Å². The number of anilines is 1. The van der Waals surface area contributed by atoms with Gasteiger partial charge in [-0.25, -0.2) is 0 Å². The summed E-state index contributed by atoms with van der Waals surface area (Å²) in [4.78, 5) is 23.4. The Labute approximate surface area is 164 Å². The van der Waals surface area contributed by atoms with E-state index in [1.54, 1.807) is 30.3 Å². The molecule has 1 heterocycles. The quantitative estimate of drug-likeness (QED) is 0.434. The summed E-state index contributed by atoms with van der Waals surface area (Å²) in [6, 6.07) is 14.4. The molecule has 0 aliphatic rings. The lowest BCUT2D eigenvalue weighted by Gasteiger charge is -2.07. The van der Waals surface area contributed by atoms with E-state index in [-0.39, 0.29) is 23.0 Å². The maximum atomic E-state index is 12.9. The molecule has 0 spiro atoms. The average molecular weight is 399 g/mol. The maximum absolute atomic E-state index is 12.9. The van der Waals surface area contributed by atoms with Gasteiger partial charge >= 0.3 is 6.18 Å². The molecule has 0 fully saturated rings. The van der Waals surface area contributed by atoms with Crippen LogP contribution in [0.4, 0.5) is 18.9 Å². The number of carbonyl (C=O) groups excluding carboxylic acids is 2. The molecular weight excluding hydrogens is 383 g/mol. The third-order valence-corrected chi connectivity index (χ3v) is 3.97. The molecule has 0 saturated heterocycles. The first-order valence-corrected chi connectivity index (χ1v) is 8.60. The van der Waals surface area contributed by atoms with Crippen LogP contribution >= 0.6 is 0 Å². The highest BCUT2D eigenvalue weighted by molar-refractivity contribution is 6.07. The minimum atomic E-state index is -4.44. The second-order valence-electron chi connectivity index (χ2n) is 6.24. The fraction of sp³-hybridized carbons (Fsp3) is 0.0909. The number of hydrogen-bond acceptors (Lipinski definition) is 3. The number of hydrogen-bond donors (Lipinski definition) is 1. The van der Waals surface area contributed by atoms with Crippen molar-refractivity contribution >= 4 is 23.5 Å². The molecule has 0 saturated carbocycles. The first-order valence-electron chi connectivity index (χ1n) is 8.60. The molecular formula is C22H16F3NO3. The van der Waals surface area contributed by atoms with Crippen molar-refractivity contribution in [2.24, 2.45) is 0 Å². The van der Waals surface area contributed by atoms with Crippen molar-refractivity contribution in [2.45, 2.75) is 13.1 Å². The summed E-state index contributed by atoms with van der Waals surface area (Å²) in [6.45, 7) is 1.37. The highest BCUT2D eigenvalue weighted by atomic mass is 19.4. The van der Waals surface area contributed by atoms with Gasteiger partial charge in [0.2, 0.25) is 5.91 Å². The Morgan fingerprint density at radius 3 is 2.48 bits per heavy atom. The van der Waals surface area contributed by atoms with Gasteiger partial charge in [-0.15, -0.1) is 0 Å². The monoisotopic (exact) mass is 399 g/mol. The van der Waals surface area contributed by atoms with E-state index in [1.807, 2.05) is 0 Å². The minimum absolute atomic E-state index is 0.247. The van der Waals surface area contributed by atoms with Crippen LogP contribution in [0.3, 0.4) is 0 Å². The smallest absolute Gasteiger partial charge is 0.416 e. The Kier molecular flexibility index (Phi) is 5.68. The molecule has 1 aromatic heterocycles. The van der Waals surface area contributed by atoms with E-state index in [1.165, 1.54) is 37.3 Å². The van der Waals surface area contributed by atoms with E-state index in [0.717, 1.165) is 12.1 Å². The second-order valence-corrected chi connectivity index (χ2v) is 6.24. The molecule has 3 aromatic rings. The zero-order valence-electron chi connectivity index (χ0n) is 15.3. The fourth-order valence-electron chi connectivity index (χ4n) is 2.65. The van der Waals surface area contributed by atoms with Crippen molar-refractivity contribution in [1.29, 1.82) is 0 Å². The number of rotatable bonds is 5. The van der Waals surface area contributed by atoms with Gasteiger partial charge in [-0.2, -0.15) is 13.2 Å². The summed E-state index contributed by atoms with van der Waals surface area (Å²) in [5.74, 6) is 0.0247. The highest BCUT2D eigenvalue weighted by Crippen LogP contribution is 2.32. The van der Waals surface area contributed by atoms with Crippen LogP contribution in [0.2, 0.25) is 0 Å². The zero-order valence-corrected chi connectivity index (χ0v) is 15.3.